The maximum Gasteiger partial charge on any atom is 0.255 e. The zero-order valence-electron chi connectivity index (χ0n) is 21.1. The molecule has 0 bridgehead atoms. The Morgan fingerprint density at radius 3 is 2.59 bits per heavy atom. The van der Waals surface area contributed by atoms with Crippen molar-refractivity contribution in [2.75, 3.05) is 5.32 Å². The molecule has 0 aliphatic rings. The molecular weight excluding hydrogens is 586 g/mol. The molecule has 0 saturated heterocycles. The summed E-state index contributed by atoms with van der Waals surface area (Å²) in [5, 5.41) is 18.8. The fourth-order valence-corrected chi connectivity index (χ4v) is 4.93. The normalized spacial score (nSPS) is 11.1. The summed E-state index contributed by atoms with van der Waals surface area (Å²) in [6, 6.07) is 27.7. The van der Waals surface area contributed by atoms with Crippen LogP contribution in [0.5, 0.6) is 11.6 Å². The minimum absolute atomic E-state index is 0.263. The van der Waals surface area contributed by atoms with E-state index in [-0.39, 0.29) is 5.91 Å². The largest absolute Gasteiger partial charge is 0.439 e. The van der Waals surface area contributed by atoms with Crippen molar-refractivity contribution < 1.29 is 13.9 Å². The predicted molar refractivity (Wildman–Crippen MR) is 157 cm³/mol. The minimum Gasteiger partial charge on any atom is -0.439 e. The number of nitrogens with one attached hydrogen (secondary N) is 2. The molecule has 198 valence electrons. The van der Waals surface area contributed by atoms with Crippen LogP contribution in [0.4, 0.5) is 5.69 Å². The molecule has 10 nitrogen and oxygen atoms in total. The molecule has 0 atom stereocenters. The SMILES string of the molecule is O=C(Nc1ccc2oc(-c3cccc4c(Br)cccc34)nc2c1)c1ccc(Oc2ccc(-c3nn[nH]n3)cn2)cc1. The van der Waals surface area contributed by atoms with Gasteiger partial charge in [0.1, 0.15) is 11.3 Å². The van der Waals surface area contributed by atoms with Gasteiger partial charge in [0.2, 0.25) is 17.6 Å². The molecule has 0 fully saturated rings. The van der Waals surface area contributed by atoms with Crippen LogP contribution in [-0.2, 0) is 0 Å². The number of amides is 1. The molecule has 0 aliphatic carbocycles. The Morgan fingerprint density at radius 2 is 1.78 bits per heavy atom. The number of aromatic amines is 1. The third-order valence-corrected chi connectivity index (χ3v) is 7.12. The highest BCUT2D eigenvalue weighted by Crippen LogP contribution is 2.34. The van der Waals surface area contributed by atoms with E-state index < -0.39 is 0 Å². The van der Waals surface area contributed by atoms with E-state index >= 15 is 0 Å². The molecule has 0 aliphatic heterocycles. The summed E-state index contributed by atoms with van der Waals surface area (Å²) in [5.74, 6) is 1.63. The average Bonchev–Trinajstić information content (AvgIpc) is 3.69. The Kier molecular flexibility index (Phi) is 6.17. The first-order valence-electron chi connectivity index (χ1n) is 12.5. The number of carbonyl (C=O) groups excluding carboxylic acids is 1. The molecule has 1 amide bonds. The number of H-pyrrole nitrogens is 1. The number of oxazole rings is 1. The zero-order valence-corrected chi connectivity index (χ0v) is 22.7. The fourth-order valence-electron chi connectivity index (χ4n) is 4.43. The highest BCUT2D eigenvalue weighted by Gasteiger charge is 2.14. The van der Waals surface area contributed by atoms with Crippen LogP contribution in [0.15, 0.2) is 106 Å². The minimum atomic E-state index is -0.263. The third kappa shape index (κ3) is 4.90. The molecular formula is C30H18BrN7O3. The van der Waals surface area contributed by atoms with Crippen LogP contribution < -0.4 is 10.1 Å². The Morgan fingerprint density at radius 1 is 0.927 bits per heavy atom. The topological polar surface area (TPSA) is 132 Å². The lowest BCUT2D eigenvalue weighted by Gasteiger charge is -2.07. The average molecular weight is 604 g/mol. The van der Waals surface area contributed by atoms with Gasteiger partial charge in [0.05, 0.1) is 0 Å². The lowest BCUT2D eigenvalue weighted by atomic mass is 10.0. The second-order valence-electron chi connectivity index (χ2n) is 9.04. The lowest BCUT2D eigenvalue weighted by molar-refractivity contribution is 0.102. The van der Waals surface area contributed by atoms with Gasteiger partial charge in [-0.2, -0.15) is 5.21 Å². The summed E-state index contributed by atoms with van der Waals surface area (Å²) in [5.41, 5.74) is 3.96. The molecule has 41 heavy (non-hydrogen) atoms. The van der Waals surface area contributed by atoms with Gasteiger partial charge in [0.25, 0.3) is 5.91 Å². The standard InChI is InChI=1S/C30H18BrN7O3/c31-24-6-2-3-21-22(24)4-1-5-23(21)30-34-25-15-19(10-13-26(25)41-30)33-29(39)17-7-11-20(12-8-17)40-27-14-9-18(16-32-27)28-35-37-38-36-28/h1-16H,(H,33,39)(H,35,36,37,38). The Balaban J connectivity index is 1.05. The van der Waals surface area contributed by atoms with Crippen LogP contribution >= 0.6 is 15.9 Å². The van der Waals surface area contributed by atoms with E-state index in [9.17, 15) is 4.79 Å². The number of rotatable bonds is 6. The summed E-state index contributed by atoms with van der Waals surface area (Å²) in [6.45, 7) is 0. The smallest absolute Gasteiger partial charge is 0.255 e. The Bertz CT molecular complexity index is 2020. The first-order valence-corrected chi connectivity index (χ1v) is 13.3. The number of pyridine rings is 1. The number of halogens is 1. The quantitative estimate of drug-likeness (QED) is 0.207. The van der Waals surface area contributed by atoms with Crippen LogP contribution in [-0.4, -0.2) is 36.5 Å². The number of anilines is 1. The van der Waals surface area contributed by atoms with Crippen molar-refractivity contribution in [1.29, 1.82) is 0 Å². The summed E-state index contributed by atoms with van der Waals surface area (Å²) in [7, 11) is 0. The highest BCUT2D eigenvalue weighted by atomic mass is 79.9. The molecule has 7 rings (SSSR count). The second-order valence-corrected chi connectivity index (χ2v) is 9.90. The van der Waals surface area contributed by atoms with E-state index in [1.54, 1.807) is 60.8 Å². The van der Waals surface area contributed by atoms with Crippen molar-refractivity contribution >= 4 is 49.4 Å². The van der Waals surface area contributed by atoms with Crippen LogP contribution in [0, 0.1) is 0 Å². The van der Waals surface area contributed by atoms with Crippen molar-refractivity contribution in [3.05, 3.63) is 107 Å². The molecule has 4 aromatic carbocycles. The van der Waals surface area contributed by atoms with Crippen LogP contribution in [0.3, 0.4) is 0 Å². The molecule has 11 heteroatoms. The van der Waals surface area contributed by atoms with Crippen LogP contribution in [0.2, 0.25) is 0 Å². The molecule has 0 saturated carbocycles. The Hall–Kier alpha value is -5.42. The Labute approximate surface area is 240 Å². The van der Waals surface area contributed by atoms with Gasteiger partial charge in [0, 0.05) is 39.1 Å². The van der Waals surface area contributed by atoms with Crippen molar-refractivity contribution in [2.45, 2.75) is 0 Å². The molecule has 3 heterocycles. The van der Waals surface area contributed by atoms with Gasteiger partial charge in [0.15, 0.2) is 5.58 Å². The van der Waals surface area contributed by atoms with Crippen molar-refractivity contribution in [3.63, 3.8) is 0 Å². The van der Waals surface area contributed by atoms with E-state index in [1.807, 2.05) is 36.4 Å². The number of fused-ring (bicyclic) bond motifs is 2. The first kappa shape index (κ1) is 24.6. The third-order valence-electron chi connectivity index (χ3n) is 6.42. The summed E-state index contributed by atoms with van der Waals surface area (Å²) in [6.07, 6.45) is 1.59. The molecule has 0 spiro atoms. The van der Waals surface area contributed by atoms with Crippen molar-refractivity contribution in [3.8, 4) is 34.5 Å². The summed E-state index contributed by atoms with van der Waals surface area (Å²) in [4.78, 5) is 21.9. The van der Waals surface area contributed by atoms with Crippen LogP contribution in [0.25, 0.3) is 44.7 Å². The van der Waals surface area contributed by atoms with Gasteiger partial charge in [-0.25, -0.2) is 9.97 Å². The van der Waals surface area contributed by atoms with E-state index in [0.29, 0.717) is 51.3 Å². The molecule has 0 radical (unpaired) electrons. The maximum absolute atomic E-state index is 12.9. The number of aromatic nitrogens is 6. The number of nitrogens with zero attached hydrogens (tertiary/aromatic N) is 5. The zero-order chi connectivity index (χ0) is 27.8. The van der Waals surface area contributed by atoms with Gasteiger partial charge < -0.3 is 14.5 Å². The molecule has 7 aromatic rings. The van der Waals surface area contributed by atoms with Crippen molar-refractivity contribution in [2.24, 2.45) is 0 Å². The van der Waals surface area contributed by atoms with E-state index in [4.69, 9.17) is 14.1 Å². The predicted octanol–water partition coefficient (Wildman–Crippen LogP) is 7.03. The lowest BCUT2D eigenvalue weighted by Crippen LogP contribution is -2.11. The number of ether oxygens (including phenoxy) is 1. The molecule has 0 unspecified atom stereocenters. The van der Waals surface area contributed by atoms with E-state index in [2.05, 4.69) is 46.9 Å². The monoisotopic (exact) mass is 603 g/mol. The van der Waals surface area contributed by atoms with Crippen LogP contribution in [0.1, 0.15) is 10.4 Å². The summed E-state index contributed by atoms with van der Waals surface area (Å²) < 4.78 is 12.9. The van der Waals surface area contributed by atoms with Gasteiger partial charge >= 0.3 is 0 Å². The highest BCUT2D eigenvalue weighted by molar-refractivity contribution is 9.10. The number of benzene rings is 4. The number of hydrogen-bond acceptors (Lipinski definition) is 8. The van der Waals surface area contributed by atoms with Gasteiger partial charge in [-0.05, 0) is 76.6 Å². The van der Waals surface area contributed by atoms with Gasteiger partial charge in [-0.3, -0.25) is 4.79 Å². The molecule has 2 N–H and O–H groups in total. The first-order chi connectivity index (χ1) is 20.1. The maximum atomic E-state index is 12.9. The fraction of sp³-hybridized carbons (Fsp3) is 0. The molecule has 3 aromatic heterocycles. The van der Waals surface area contributed by atoms with Crippen molar-refractivity contribution in [1.82, 2.24) is 30.6 Å². The summed E-state index contributed by atoms with van der Waals surface area (Å²) >= 11 is 3.61. The van der Waals surface area contributed by atoms with E-state index in [1.165, 1.54) is 0 Å². The van der Waals surface area contributed by atoms with Gasteiger partial charge in [-0.15, -0.1) is 10.2 Å². The van der Waals surface area contributed by atoms with Gasteiger partial charge in [-0.1, -0.05) is 40.2 Å². The number of tetrazole rings is 1. The number of carbonyl (C=O) groups is 1. The van der Waals surface area contributed by atoms with E-state index in [0.717, 1.165) is 20.8 Å². The second kappa shape index (κ2) is 10.3. The number of hydrogen-bond donors (Lipinski definition) is 2.